The maximum Gasteiger partial charge on any atom is 0.0623 e. The molecule has 6 heteroatoms. The zero-order chi connectivity index (χ0) is 6.69. The summed E-state index contributed by atoms with van der Waals surface area (Å²) in [6.45, 7) is 1.46. The molecule has 0 saturated carbocycles. The molecule has 0 aromatic carbocycles. The van der Waals surface area contributed by atoms with Gasteiger partial charge in [-0.2, -0.15) is 5.10 Å². The van der Waals surface area contributed by atoms with Gasteiger partial charge < -0.3 is 5.73 Å². The molecular weight excluding hydrogens is 300 g/mol. The molecule has 0 aliphatic rings. The maximum atomic E-state index is 5.31. The molecule has 0 amide bonds. The molecule has 0 atom stereocenters. The first kappa shape index (κ1) is 14.0. The van der Waals surface area contributed by atoms with Gasteiger partial charge in [-0.1, -0.05) is 0 Å². The van der Waals surface area contributed by atoms with Gasteiger partial charge in [0.2, 0.25) is 0 Å². The number of nitrogens with zero attached hydrogens (tertiary/aromatic N) is 2. The minimum atomic E-state index is 0. The van der Waals surface area contributed by atoms with Crippen LogP contribution in [-0.4, -0.2) is 16.3 Å². The Hall–Kier alpha value is 0.480. The van der Waals surface area contributed by atoms with E-state index in [0.29, 0.717) is 6.54 Å². The second kappa shape index (κ2) is 7.15. The molecule has 0 unspecified atom stereocenters. The molecule has 0 aliphatic heterocycles. The van der Waals surface area contributed by atoms with Crippen LogP contribution in [0.25, 0.3) is 0 Å². The highest BCUT2D eigenvalue weighted by Crippen LogP contribution is 1.99. The number of hydrogen-bond acceptors (Lipinski definition) is 2. The number of halogens is 3. The Bertz CT molecular complexity index is 192. The van der Waals surface area contributed by atoms with Crippen molar-refractivity contribution in [2.24, 2.45) is 5.73 Å². The van der Waals surface area contributed by atoms with Crippen molar-refractivity contribution < 1.29 is 0 Å². The summed E-state index contributed by atoms with van der Waals surface area (Å²) in [6, 6.07) is 0. The van der Waals surface area contributed by atoms with Gasteiger partial charge in [-0.25, -0.2) is 0 Å². The molecule has 1 aromatic rings. The normalized spacial score (nSPS) is 8.18. The van der Waals surface area contributed by atoms with Gasteiger partial charge in [0, 0.05) is 12.7 Å². The Kier molecular flexibility index (Phi) is 9.11. The summed E-state index contributed by atoms with van der Waals surface area (Å²) in [7, 11) is 0. The van der Waals surface area contributed by atoms with Crippen LogP contribution in [0.2, 0.25) is 0 Å². The zero-order valence-corrected chi connectivity index (χ0v) is 9.53. The SMILES string of the molecule is Cl.Cl.NCCn1cc(I)cn1. The highest BCUT2D eigenvalue weighted by molar-refractivity contribution is 14.1. The Morgan fingerprint density at radius 1 is 1.55 bits per heavy atom. The van der Waals surface area contributed by atoms with Crippen LogP contribution in [0.3, 0.4) is 0 Å². The van der Waals surface area contributed by atoms with Crippen LogP contribution in [0, 0.1) is 3.57 Å². The lowest BCUT2D eigenvalue weighted by Crippen LogP contribution is -2.09. The number of rotatable bonds is 2. The van der Waals surface area contributed by atoms with Crippen LogP contribution < -0.4 is 5.73 Å². The molecule has 0 bridgehead atoms. The molecule has 0 spiro atoms. The van der Waals surface area contributed by atoms with Crippen molar-refractivity contribution >= 4 is 47.4 Å². The van der Waals surface area contributed by atoms with Gasteiger partial charge in [0.05, 0.1) is 16.3 Å². The quantitative estimate of drug-likeness (QED) is 0.837. The van der Waals surface area contributed by atoms with Crippen LogP contribution in [0.5, 0.6) is 0 Å². The third-order valence-corrected chi connectivity index (χ3v) is 1.52. The van der Waals surface area contributed by atoms with Gasteiger partial charge >= 0.3 is 0 Å². The van der Waals surface area contributed by atoms with E-state index in [0.717, 1.165) is 10.1 Å². The summed E-state index contributed by atoms with van der Waals surface area (Å²) in [5.74, 6) is 0. The van der Waals surface area contributed by atoms with Crippen LogP contribution in [0.1, 0.15) is 0 Å². The van der Waals surface area contributed by atoms with Crippen molar-refractivity contribution in [2.75, 3.05) is 6.54 Å². The van der Waals surface area contributed by atoms with E-state index in [9.17, 15) is 0 Å². The molecule has 1 aromatic heterocycles. The van der Waals surface area contributed by atoms with Crippen molar-refractivity contribution in [1.29, 1.82) is 0 Å². The van der Waals surface area contributed by atoms with Gasteiger partial charge in [-0.3, -0.25) is 4.68 Å². The molecule has 1 heterocycles. The molecule has 11 heavy (non-hydrogen) atoms. The molecular formula is C5H10Cl2IN3. The van der Waals surface area contributed by atoms with Crippen molar-refractivity contribution in [2.45, 2.75) is 6.54 Å². The second-order valence-electron chi connectivity index (χ2n) is 1.71. The Morgan fingerprint density at radius 3 is 2.55 bits per heavy atom. The predicted octanol–water partition coefficient (Wildman–Crippen LogP) is 1.29. The van der Waals surface area contributed by atoms with Gasteiger partial charge in [-0.15, -0.1) is 24.8 Å². The summed E-state index contributed by atoms with van der Waals surface area (Å²) >= 11 is 2.22. The van der Waals surface area contributed by atoms with Crippen LogP contribution >= 0.6 is 47.4 Å². The number of hydrogen-bond donors (Lipinski definition) is 1. The van der Waals surface area contributed by atoms with E-state index in [1.165, 1.54) is 0 Å². The second-order valence-corrected chi connectivity index (χ2v) is 2.96. The van der Waals surface area contributed by atoms with Gasteiger partial charge in [0.25, 0.3) is 0 Å². The maximum absolute atomic E-state index is 5.31. The minimum absolute atomic E-state index is 0. The van der Waals surface area contributed by atoms with E-state index >= 15 is 0 Å². The fourth-order valence-electron chi connectivity index (χ4n) is 0.593. The Balaban J connectivity index is 0. The lowest BCUT2D eigenvalue weighted by molar-refractivity contribution is 0.625. The number of nitrogens with two attached hydrogens (primary N) is 1. The average Bonchev–Trinajstić information content (AvgIpc) is 2.17. The fraction of sp³-hybridized carbons (Fsp3) is 0.400. The molecule has 0 fully saturated rings. The smallest absolute Gasteiger partial charge is 0.0623 e. The van der Waals surface area contributed by atoms with Crippen LogP contribution in [0.4, 0.5) is 0 Å². The molecule has 1 rings (SSSR count). The molecule has 0 aliphatic carbocycles. The van der Waals surface area contributed by atoms with Crippen LogP contribution in [-0.2, 0) is 6.54 Å². The summed E-state index contributed by atoms with van der Waals surface area (Å²) in [5, 5.41) is 4.03. The van der Waals surface area contributed by atoms with Gasteiger partial charge in [0.1, 0.15) is 0 Å². The highest BCUT2D eigenvalue weighted by Gasteiger charge is 1.90. The third-order valence-electron chi connectivity index (χ3n) is 0.960. The minimum Gasteiger partial charge on any atom is -0.329 e. The molecule has 0 radical (unpaired) electrons. The zero-order valence-electron chi connectivity index (χ0n) is 5.74. The fourth-order valence-corrected chi connectivity index (χ4v) is 1.04. The summed E-state index contributed by atoms with van der Waals surface area (Å²) in [4.78, 5) is 0. The first-order valence-electron chi connectivity index (χ1n) is 2.71. The van der Waals surface area contributed by atoms with E-state index in [1.54, 1.807) is 0 Å². The van der Waals surface area contributed by atoms with E-state index in [2.05, 4.69) is 27.7 Å². The van der Waals surface area contributed by atoms with E-state index in [4.69, 9.17) is 5.73 Å². The summed E-state index contributed by atoms with van der Waals surface area (Å²) in [6.07, 6.45) is 3.78. The predicted molar refractivity (Wildman–Crippen MR) is 58.5 cm³/mol. The molecule has 3 nitrogen and oxygen atoms in total. The number of aromatic nitrogens is 2. The Morgan fingerprint density at radius 2 is 2.18 bits per heavy atom. The monoisotopic (exact) mass is 309 g/mol. The van der Waals surface area contributed by atoms with E-state index < -0.39 is 0 Å². The van der Waals surface area contributed by atoms with Crippen molar-refractivity contribution in [1.82, 2.24) is 9.78 Å². The first-order chi connectivity index (χ1) is 4.33. The lowest BCUT2D eigenvalue weighted by atomic mass is 10.6. The summed E-state index contributed by atoms with van der Waals surface area (Å²) in [5.41, 5.74) is 5.31. The lowest BCUT2D eigenvalue weighted by Gasteiger charge is -1.93. The topological polar surface area (TPSA) is 43.8 Å². The van der Waals surface area contributed by atoms with Gasteiger partial charge in [-0.05, 0) is 22.6 Å². The largest absolute Gasteiger partial charge is 0.329 e. The van der Waals surface area contributed by atoms with E-state index in [-0.39, 0.29) is 24.8 Å². The Labute approximate surface area is 91.7 Å². The average molecular weight is 310 g/mol. The van der Waals surface area contributed by atoms with Gasteiger partial charge in [0.15, 0.2) is 0 Å². The molecule has 0 saturated heterocycles. The van der Waals surface area contributed by atoms with Crippen molar-refractivity contribution in [3.8, 4) is 0 Å². The van der Waals surface area contributed by atoms with Crippen molar-refractivity contribution in [3.63, 3.8) is 0 Å². The highest BCUT2D eigenvalue weighted by atomic mass is 127. The summed E-state index contributed by atoms with van der Waals surface area (Å²) < 4.78 is 2.99. The third kappa shape index (κ3) is 4.84. The van der Waals surface area contributed by atoms with Crippen molar-refractivity contribution in [3.05, 3.63) is 16.0 Å². The van der Waals surface area contributed by atoms with Crippen LogP contribution in [0.15, 0.2) is 12.4 Å². The molecule has 2 N–H and O–H groups in total. The van der Waals surface area contributed by atoms with E-state index in [1.807, 2.05) is 17.1 Å². The standard InChI is InChI=1S/C5H8IN3.2ClH/c6-5-3-8-9(4-5)2-1-7;;/h3-4H,1-2,7H2;2*1H. The molecule has 66 valence electrons. The first-order valence-corrected chi connectivity index (χ1v) is 3.79.